The quantitative estimate of drug-likeness (QED) is 0.730. The molecule has 1 heterocycles. The number of hydrazone groups is 1. The first-order valence-electron chi connectivity index (χ1n) is 5.48. The number of hydrogen-bond acceptors (Lipinski definition) is 3. The van der Waals surface area contributed by atoms with Crippen molar-refractivity contribution in [3.63, 3.8) is 0 Å². The van der Waals surface area contributed by atoms with Crippen LogP contribution in [0.25, 0.3) is 0 Å². The Morgan fingerprint density at radius 2 is 2.16 bits per heavy atom. The van der Waals surface area contributed by atoms with E-state index in [-0.39, 0.29) is 6.03 Å². The minimum Gasteiger partial charge on any atom is -0.331 e. The van der Waals surface area contributed by atoms with E-state index >= 15 is 0 Å². The van der Waals surface area contributed by atoms with Crippen LogP contribution in [0.4, 0.5) is 10.5 Å². The predicted molar refractivity (Wildman–Crippen MR) is 79.2 cm³/mol. The van der Waals surface area contributed by atoms with Gasteiger partial charge in [-0.15, -0.1) is 0 Å². The van der Waals surface area contributed by atoms with Gasteiger partial charge in [-0.05, 0) is 43.4 Å². The average molecular weight is 298 g/mol. The molecule has 0 bridgehead atoms. The summed E-state index contributed by atoms with van der Waals surface area (Å²) in [5.41, 5.74) is 6.72. The molecule has 0 fully saturated rings. The number of halogens is 1. The lowest BCUT2D eigenvalue weighted by Gasteiger charge is -2.27. The summed E-state index contributed by atoms with van der Waals surface area (Å²) in [7, 11) is 0. The van der Waals surface area contributed by atoms with E-state index in [1.807, 2.05) is 6.92 Å². The molecule has 2 amide bonds. The molecule has 100 valence electrons. The molecule has 0 aromatic heterocycles. The Bertz CT molecular complexity index is 530. The van der Waals surface area contributed by atoms with Crippen LogP contribution in [0.2, 0.25) is 5.02 Å². The first-order valence-corrected chi connectivity index (χ1v) is 6.27. The van der Waals surface area contributed by atoms with E-state index in [9.17, 15) is 4.79 Å². The first-order chi connectivity index (χ1) is 9.04. The predicted octanol–water partition coefficient (Wildman–Crippen LogP) is 1.94. The zero-order chi connectivity index (χ0) is 13.8. The number of amides is 2. The van der Waals surface area contributed by atoms with Crippen molar-refractivity contribution in [2.75, 3.05) is 11.9 Å². The fourth-order valence-electron chi connectivity index (χ4n) is 1.44. The molecular weight excluding hydrogens is 286 g/mol. The maximum atomic E-state index is 11.5. The summed E-state index contributed by atoms with van der Waals surface area (Å²) in [5, 5.41) is 9.07. The summed E-state index contributed by atoms with van der Waals surface area (Å²) in [6.45, 7) is 2.18. The third-order valence-corrected chi connectivity index (χ3v) is 2.76. The number of urea groups is 1. The van der Waals surface area contributed by atoms with Gasteiger partial charge < -0.3 is 5.32 Å². The van der Waals surface area contributed by atoms with Gasteiger partial charge in [-0.3, -0.25) is 5.43 Å². The van der Waals surface area contributed by atoms with Gasteiger partial charge in [0.1, 0.15) is 0 Å². The van der Waals surface area contributed by atoms with Crippen LogP contribution in [0.15, 0.2) is 29.4 Å². The molecular formula is C11H12ClN5OS. The Balaban J connectivity index is 1.92. The van der Waals surface area contributed by atoms with Crippen LogP contribution in [0.5, 0.6) is 0 Å². The highest BCUT2D eigenvalue weighted by atomic mass is 35.5. The van der Waals surface area contributed by atoms with Gasteiger partial charge in [0.05, 0.1) is 12.3 Å². The topological polar surface area (TPSA) is 68.8 Å². The minimum absolute atomic E-state index is 0.312. The number of anilines is 1. The number of carbonyl (C=O) groups is 1. The SMILES string of the molecule is CC1=NNC(=O)N(NC(=S)Nc2ccc(Cl)cc2)C1. The molecule has 0 aliphatic carbocycles. The monoisotopic (exact) mass is 297 g/mol. The van der Waals surface area contributed by atoms with Crippen molar-refractivity contribution >= 4 is 46.4 Å². The summed E-state index contributed by atoms with van der Waals surface area (Å²) in [6.07, 6.45) is 0. The molecule has 3 N–H and O–H groups in total. The molecule has 0 saturated carbocycles. The molecule has 1 aromatic carbocycles. The van der Waals surface area contributed by atoms with Crippen molar-refractivity contribution in [1.29, 1.82) is 0 Å². The minimum atomic E-state index is -0.356. The van der Waals surface area contributed by atoms with Crippen molar-refractivity contribution in [3.8, 4) is 0 Å². The Hall–Kier alpha value is -1.86. The lowest BCUT2D eigenvalue weighted by molar-refractivity contribution is 0.192. The van der Waals surface area contributed by atoms with Gasteiger partial charge in [0.2, 0.25) is 0 Å². The molecule has 0 radical (unpaired) electrons. The summed E-state index contributed by atoms with van der Waals surface area (Å²) in [5.74, 6) is 0. The van der Waals surface area contributed by atoms with Crippen molar-refractivity contribution in [1.82, 2.24) is 15.9 Å². The zero-order valence-corrected chi connectivity index (χ0v) is 11.7. The third-order valence-electron chi connectivity index (χ3n) is 2.31. The summed E-state index contributed by atoms with van der Waals surface area (Å²) < 4.78 is 0. The zero-order valence-electron chi connectivity index (χ0n) is 10.1. The molecule has 0 atom stereocenters. The molecule has 0 unspecified atom stereocenters. The van der Waals surface area contributed by atoms with Crippen LogP contribution in [0, 0.1) is 0 Å². The van der Waals surface area contributed by atoms with Gasteiger partial charge >= 0.3 is 6.03 Å². The normalized spacial score (nSPS) is 14.5. The van der Waals surface area contributed by atoms with Crippen LogP contribution >= 0.6 is 23.8 Å². The molecule has 2 rings (SSSR count). The number of hydrogen-bond donors (Lipinski definition) is 3. The molecule has 1 aromatic rings. The molecule has 1 aliphatic rings. The molecule has 6 nitrogen and oxygen atoms in total. The van der Waals surface area contributed by atoms with Gasteiger partial charge in [0.15, 0.2) is 5.11 Å². The smallest absolute Gasteiger partial charge is 0.331 e. The maximum Gasteiger partial charge on any atom is 0.356 e. The number of thiocarbonyl (C=S) groups is 1. The second-order valence-corrected chi connectivity index (χ2v) is 4.77. The molecule has 8 heteroatoms. The Morgan fingerprint density at radius 3 is 2.84 bits per heavy atom. The van der Waals surface area contributed by atoms with Gasteiger partial charge in [-0.25, -0.2) is 15.2 Å². The van der Waals surface area contributed by atoms with E-state index in [0.29, 0.717) is 16.7 Å². The number of hydrazine groups is 1. The number of rotatable bonds is 2. The third kappa shape index (κ3) is 3.80. The number of nitrogens with zero attached hydrogens (tertiary/aromatic N) is 2. The fourth-order valence-corrected chi connectivity index (χ4v) is 1.80. The highest BCUT2D eigenvalue weighted by Gasteiger charge is 2.19. The van der Waals surface area contributed by atoms with Crippen molar-refractivity contribution in [2.45, 2.75) is 6.92 Å². The van der Waals surface area contributed by atoms with Gasteiger partial charge in [0, 0.05) is 10.7 Å². The largest absolute Gasteiger partial charge is 0.356 e. The summed E-state index contributed by atoms with van der Waals surface area (Å²) in [6, 6.07) is 6.72. The average Bonchev–Trinajstić information content (AvgIpc) is 2.37. The Morgan fingerprint density at radius 1 is 1.47 bits per heavy atom. The second kappa shape index (κ2) is 5.85. The highest BCUT2D eigenvalue weighted by Crippen LogP contribution is 2.13. The van der Waals surface area contributed by atoms with E-state index < -0.39 is 0 Å². The Labute approximate surface area is 120 Å². The lowest BCUT2D eigenvalue weighted by atomic mass is 10.3. The van der Waals surface area contributed by atoms with Gasteiger partial charge in [-0.2, -0.15) is 5.10 Å². The second-order valence-electron chi connectivity index (χ2n) is 3.92. The fraction of sp³-hybridized carbons (Fsp3) is 0.182. The maximum absolute atomic E-state index is 11.5. The molecule has 19 heavy (non-hydrogen) atoms. The standard InChI is InChI=1S/C11H12ClN5OS/c1-7-6-17(11(18)15-14-7)16-10(19)13-9-4-2-8(12)3-5-9/h2-5H,6H2,1H3,(H,15,18)(H2,13,16,19). The van der Waals surface area contributed by atoms with E-state index in [1.54, 1.807) is 24.3 Å². The van der Waals surface area contributed by atoms with Crippen molar-refractivity contribution in [2.24, 2.45) is 5.10 Å². The van der Waals surface area contributed by atoms with Crippen LogP contribution in [-0.2, 0) is 0 Å². The van der Waals surface area contributed by atoms with Crippen molar-refractivity contribution < 1.29 is 4.79 Å². The highest BCUT2D eigenvalue weighted by molar-refractivity contribution is 7.80. The number of benzene rings is 1. The van der Waals surface area contributed by atoms with E-state index in [2.05, 4.69) is 21.3 Å². The van der Waals surface area contributed by atoms with Gasteiger partial charge in [-0.1, -0.05) is 11.6 Å². The van der Waals surface area contributed by atoms with Gasteiger partial charge in [0.25, 0.3) is 0 Å². The molecule has 0 spiro atoms. The molecule has 0 saturated heterocycles. The first kappa shape index (κ1) is 13.6. The van der Waals surface area contributed by atoms with E-state index in [1.165, 1.54) is 5.01 Å². The van der Waals surface area contributed by atoms with Crippen LogP contribution in [-0.4, -0.2) is 28.4 Å². The number of nitrogens with one attached hydrogen (secondary N) is 3. The van der Waals surface area contributed by atoms with E-state index in [0.717, 1.165) is 11.4 Å². The van der Waals surface area contributed by atoms with Crippen LogP contribution in [0.3, 0.4) is 0 Å². The van der Waals surface area contributed by atoms with Crippen LogP contribution < -0.4 is 16.2 Å². The number of carbonyl (C=O) groups excluding carboxylic acids is 1. The van der Waals surface area contributed by atoms with Crippen molar-refractivity contribution in [3.05, 3.63) is 29.3 Å². The summed E-state index contributed by atoms with van der Waals surface area (Å²) >= 11 is 10.9. The lowest BCUT2D eigenvalue weighted by Crippen LogP contribution is -2.55. The summed E-state index contributed by atoms with van der Waals surface area (Å²) in [4.78, 5) is 11.5. The van der Waals surface area contributed by atoms with E-state index in [4.69, 9.17) is 23.8 Å². The Kier molecular flexibility index (Phi) is 4.18. The van der Waals surface area contributed by atoms with Crippen LogP contribution in [0.1, 0.15) is 6.92 Å². The molecule has 1 aliphatic heterocycles.